The normalized spacial score (nSPS) is 38.1. The third-order valence-corrected chi connectivity index (χ3v) is 2.80. The van der Waals surface area contributed by atoms with Crippen LogP contribution in [-0.2, 0) is 4.74 Å². The van der Waals surface area contributed by atoms with Crippen LogP contribution in [0.2, 0.25) is 0 Å². The van der Waals surface area contributed by atoms with Crippen LogP contribution in [0.25, 0.3) is 0 Å². The molecule has 0 unspecified atom stereocenters. The predicted octanol–water partition coefficient (Wildman–Crippen LogP) is 1.97. The molecule has 2 fully saturated rings. The molecular weight excluding hydrogens is 136 g/mol. The van der Waals surface area contributed by atoms with Gasteiger partial charge in [0.05, 0.1) is 6.10 Å². The minimum absolute atomic E-state index is 0.165. The van der Waals surface area contributed by atoms with Gasteiger partial charge in [-0.1, -0.05) is 25.2 Å². The molecule has 1 aliphatic carbocycles. The summed E-state index contributed by atoms with van der Waals surface area (Å²) in [5.41, 5.74) is 0. The maximum absolute atomic E-state index is 5.37. The Morgan fingerprint density at radius 2 is 1.91 bits per heavy atom. The zero-order chi connectivity index (χ0) is 7.68. The second-order valence-electron chi connectivity index (χ2n) is 3.59. The Kier molecular flexibility index (Phi) is 1.87. The first kappa shape index (κ1) is 7.18. The highest BCUT2D eigenvalue weighted by atomic mass is 16.6. The monoisotopic (exact) mass is 150 g/mol. The molecule has 1 heteroatoms. The Morgan fingerprint density at radius 3 is 2.45 bits per heavy atom. The van der Waals surface area contributed by atoms with E-state index in [2.05, 4.69) is 5.92 Å². The van der Waals surface area contributed by atoms with Gasteiger partial charge in [0.1, 0.15) is 6.10 Å². The van der Waals surface area contributed by atoms with E-state index in [1.807, 2.05) is 0 Å². The molecule has 0 amide bonds. The predicted molar refractivity (Wildman–Crippen MR) is 44.1 cm³/mol. The first-order valence-electron chi connectivity index (χ1n) is 4.53. The van der Waals surface area contributed by atoms with E-state index in [1.54, 1.807) is 0 Å². The SMILES string of the molecule is C#C[C@@H]1O[C@@H]1C1CCCCC1. The lowest BCUT2D eigenvalue weighted by Gasteiger charge is -2.18. The van der Waals surface area contributed by atoms with Gasteiger partial charge in [-0.25, -0.2) is 0 Å². The van der Waals surface area contributed by atoms with Gasteiger partial charge in [0.25, 0.3) is 0 Å². The van der Waals surface area contributed by atoms with Crippen molar-refractivity contribution in [2.45, 2.75) is 44.3 Å². The maximum atomic E-state index is 5.37. The summed E-state index contributed by atoms with van der Waals surface area (Å²) in [7, 11) is 0. The molecule has 2 atom stereocenters. The number of rotatable bonds is 1. The fourth-order valence-electron chi connectivity index (χ4n) is 2.08. The van der Waals surface area contributed by atoms with Crippen molar-refractivity contribution >= 4 is 0 Å². The van der Waals surface area contributed by atoms with E-state index in [0.717, 1.165) is 5.92 Å². The smallest absolute Gasteiger partial charge is 0.144 e. The molecule has 2 rings (SSSR count). The second-order valence-corrected chi connectivity index (χ2v) is 3.59. The van der Waals surface area contributed by atoms with Crippen LogP contribution >= 0.6 is 0 Å². The van der Waals surface area contributed by atoms with E-state index in [4.69, 9.17) is 11.2 Å². The van der Waals surface area contributed by atoms with Gasteiger partial charge < -0.3 is 4.74 Å². The molecule has 1 heterocycles. The van der Waals surface area contributed by atoms with Crippen LogP contribution in [0.4, 0.5) is 0 Å². The summed E-state index contributed by atoms with van der Waals surface area (Å²) >= 11 is 0. The summed E-state index contributed by atoms with van der Waals surface area (Å²) in [4.78, 5) is 0. The van der Waals surface area contributed by atoms with Crippen molar-refractivity contribution < 1.29 is 4.74 Å². The minimum Gasteiger partial charge on any atom is -0.355 e. The quantitative estimate of drug-likeness (QED) is 0.411. The Bertz CT molecular complexity index is 174. The molecule has 60 valence electrons. The Balaban J connectivity index is 1.83. The third-order valence-electron chi connectivity index (χ3n) is 2.80. The Hall–Kier alpha value is -0.480. The van der Waals surface area contributed by atoms with Crippen molar-refractivity contribution in [3.05, 3.63) is 0 Å². The third kappa shape index (κ3) is 1.41. The summed E-state index contributed by atoms with van der Waals surface area (Å²) < 4.78 is 5.37. The summed E-state index contributed by atoms with van der Waals surface area (Å²) in [6.45, 7) is 0. The largest absolute Gasteiger partial charge is 0.355 e. The molecule has 1 nitrogen and oxygen atoms in total. The molecule has 1 aliphatic heterocycles. The van der Waals surface area contributed by atoms with E-state index in [-0.39, 0.29) is 6.10 Å². The lowest BCUT2D eigenvalue weighted by atomic mass is 9.86. The van der Waals surface area contributed by atoms with Gasteiger partial charge in [0.2, 0.25) is 0 Å². The van der Waals surface area contributed by atoms with E-state index in [0.29, 0.717) is 6.10 Å². The molecule has 0 radical (unpaired) electrons. The van der Waals surface area contributed by atoms with Crippen LogP contribution in [0.1, 0.15) is 32.1 Å². The molecule has 11 heavy (non-hydrogen) atoms. The average molecular weight is 150 g/mol. The highest BCUT2D eigenvalue weighted by molar-refractivity contribution is 5.10. The van der Waals surface area contributed by atoms with Gasteiger partial charge in [-0.15, -0.1) is 6.42 Å². The summed E-state index contributed by atoms with van der Waals surface area (Å²) in [5.74, 6) is 3.45. The lowest BCUT2D eigenvalue weighted by Crippen LogP contribution is -2.13. The minimum atomic E-state index is 0.165. The van der Waals surface area contributed by atoms with Crippen LogP contribution in [0, 0.1) is 18.3 Å². The lowest BCUT2D eigenvalue weighted by molar-refractivity contribution is 0.265. The second kappa shape index (κ2) is 2.87. The first-order valence-corrected chi connectivity index (χ1v) is 4.53. The van der Waals surface area contributed by atoms with E-state index in [9.17, 15) is 0 Å². The van der Waals surface area contributed by atoms with Crippen molar-refractivity contribution in [2.24, 2.45) is 5.92 Å². The highest BCUT2D eigenvalue weighted by Gasteiger charge is 2.43. The average Bonchev–Trinajstić information content (AvgIpc) is 2.85. The van der Waals surface area contributed by atoms with Gasteiger partial charge in [-0.3, -0.25) is 0 Å². The number of terminal acetylenes is 1. The summed E-state index contributed by atoms with van der Waals surface area (Å²) in [5, 5.41) is 0. The van der Waals surface area contributed by atoms with Crippen molar-refractivity contribution in [2.75, 3.05) is 0 Å². The van der Waals surface area contributed by atoms with Crippen LogP contribution < -0.4 is 0 Å². The number of hydrogen-bond donors (Lipinski definition) is 0. The summed E-state index contributed by atoms with van der Waals surface area (Å²) in [6, 6.07) is 0. The van der Waals surface area contributed by atoms with Crippen molar-refractivity contribution in [3.63, 3.8) is 0 Å². The molecule has 2 aliphatic rings. The molecule has 1 saturated carbocycles. The Labute approximate surface area is 68.1 Å². The van der Waals surface area contributed by atoms with Gasteiger partial charge in [0.15, 0.2) is 0 Å². The first-order chi connectivity index (χ1) is 5.42. The molecule has 0 N–H and O–H groups in total. The number of epoxide rings is 1. The van der Waals surface area contributed by atoms with Gasteiger partial charge in [0, 0.05) is 0 Å². The van der Waals surface area contributed by atoms with Crippen LogP contribution in [0.15, 0.2) is 0 Å². The molecule has 0 aromatic heterocycles. The molecule has 1 saturated heterocycles. The van der Waals surface area contributed by atoms with E-state index >= 15 is 0 Å². The molecule has 0 bridgehead atoms. The zero-order valence-electron chi connectivity index (χ0n) is 6.75. The summed E-state index contributed by atoms with van der Waals surface area (Å²) in [6.07, 6.45) is 12.7. The maximum Gasteiger partial charge on any atom is 0.144 e. The standard InChI is InChI=1S/C10H14O/c1-2-9-10(11-9)8-6-4-3-5-7-8/h1,8-10H,3-7H2/t9-,10+/m0/s1. The van der Waals surface area contributed by atoms with Gasteiger partial charge in [-0.05, 0) is 18.8 Å². The topological polar surface area (TPSA) is 12.5 Å². The fourth-order valence-corrected chi connectivity index (χ4v) is 2.08. The molecular formula is C10H14O. The van der Waals surface area contributed by atoms with Crippen molar-refractivity contribution in [3.8, 4) is 12.3 Å². The van der Waals surface area contributed by atoms with Crippen LogP contribution in [0.5, 0.6) is 0 Å². The zero-order valence-corrected chi connectivity index (χ0v) is 6.75. The van der Waals surface area contributed by atoms with Gasteiger partial charge >= 0.3 is 0 Å². The molecule has 0 aromatic rings. The molecule has 0 aromatic carbocycles. The number of hydrogen-bond acceptors (Lipinski definition) is 1. The Morgan fingerprint density at radius 1 is 1.18 bits per heavy atom. The van der Waals surface area contributed by atoms with E-state index in [1.165, 1.54) is 32.1 Å². The van der Waals surface area contributed by atoms with E-state index < -0.39 is 0 Å². The van der Waals surface area contributed by atoms with Gasteiger partial charge in [-0.2, -0.15) is 0 Å². The molecule has 0 spiro atoms. The van der Waals surface area contributed by atoms with Crippen molar-refractivity contribution in [1.29, 1.82) is 0 Å². The van der Waals surface area contributed by atoms with Crippen molar-refractivity contribution in [1.82, 2.24) is 0 Å². The van der Waals surface area contributed by atoms with Crippen LogP contribution in [0.3, 0.4) is 0 Å². The number of ether oxygens (including phenoxy) is 1. The fraction of sp³-hybridized carbons (Fsp3) is 0.800. The highest BCUT2D eigenvalue weighted by Crippen LogP contribution is 2.37. The van der Waals surface area contributed by atoms with Crippen LogP contribution in [-0.4, -0.2) is 12.2 Å².